The summed E-state index contributed by atoms with van der Waals surface area (Å²) in [5.41, 5.74) is 3.38. The first-order valence-electron chi connectivity index (χ1n) is 10.7. The van der Waals surface area contributed by atoms with E-state index in [-0.39, 0.29) is 17.9 Å². The van der Waals surface area contributed by atoms with Gasteiger partial charge in [0.15, 0.2) is 0 Å². The number of carbonyl (C=O) groups excluding carboxylic acids is 2. The smallest absolute Gasteiger partial charge is 0.243 e. The highest BCUT2D eigenvalue weighted by atomic mass is 32.2. The van der Waals surface area contributed by atoms with Crippen LogP contribution in [0, 0.1) is 6.92 Å². The van der Waals surface area contributed by atoms with Gasteiger partial charge in [0.1, 0.15) is 11.8 Å². The van der Waals surface area contributed by atoms with Crippen LogP contribution in [0.3, 0.4) is 0 Å². The van der Waals surface area contributed by atoms with Crippen LogP contribution in [0.1, 0.15) is 43.9 Å². The molecule has 5 nitrogen and oxygen atoms in total. The molecule has 0 radical (unpaired) electrons. The third kappa shape index (κ3) is 7.94. The number of thioether (sulfide) groups is 1. The second-order valence-corrected chi connectivity index (χ2v) is 8.92. The molecule has 168 valence electrons. The normalized spacial score (nSPS) is 11.8. The molecular formula is C25H34N2O3S. The first kappa shape index (κ1) is 24.8. The molecule has 31 heavy (non-hydrogen) atoms. The predicted octanol–water partition coefficient (Wildman–Crippen LogP) is 4.57. The third-order valence-corrected chi connectivity index (χ3v) is 5.93. The summed E-state index contributed by atoms with van der Waals surface area (Å²) < 4.78 is 5.23. The number of nitrogens with one attached hydrogen (secondary N) is 1. The summed E-state index contributed by atoms with van der Waals surface area (Å²) in [4.78, 5) is 27.7. The molecule has 0 aliphatic heterocycles. The molecule has 0 bridgehead atoms. The molecule has 2 aromatic carbocycles. The van der Waals surface area contributed by atoms with Crippen LogP contribution >= 0.6 is 11.8 Å². The van der Waals surface area contributed by atoms with Crippen LogP contribution in [0.2, 0.25) is 0 Å². The summed E-state index contributed by atoms with van der Waals surface area (Å²) in [5, 5.41) is 2.96. The minimum absolute atomic E-state index is 0.0235. The molecule has 0 heterocycles. The van der Waals surface area contributed by atoms with Gasteiger partial charge in [-0.1, -0.05) is 48.9 Å². The van der Waals surface area contributed by atoms with Crippen molar-refractivity contribution >= 4 is 23.6 Å². The number of amides is 2. The fourth-order valence-electron chi connectivity index (χ4n) is 3.25. The van der Waals surface area contributed by atoms with Gasteiger partial charge in [-0.05, 0) is 50.5 Å². The lowest BCUT2D eigenvalue weighted by atomic mass is 10.1. The van der Waals surface area contributed by atoms with Gasteiger partial charge < -0.3 is 15.0 Å². The Labute approximate surface area is 190 Å². The Hall–Kier alpha value is -2.47. The maximum Gasteiger partial charge on any atom is 0.243 e. The van der Waals surface area contributed by atoms with Crippen LogP contribution in [0.15, 0.2) is 48.5 Å². The molecule has 0 saturated carbocycles. The number of rotatable bonds is 11. The number of ether oxygens (including phenoxy) is 1. The largest absolute Gasteiger partial charge is 0.497 e. The van der Waals surface area contributed by atoms with E-state index < -0.39 is 6.04 Å². The van der Waals surface area contributed by atoms with Crippen molar-refractivity contribution in [1.29, 1.82) is 0 Å². The fourth-order valence-corrected chi connectivity index (χ4v) is 4.12. The molecule has 1 unspecified atom stereocenters. The molecule has 2 rings (SSSR count). The third-order valence-electron chi connectivity index (χ3n) is 4.94. The maximum absolute atomic E-state index is 13.2. The van der Waals surface area contributed by atoms with E-state index in [4.69, 9.17) is 4.74 Å². The van der Waals surface area contributed by atoms with Crippen molar-refractivity contribution in [2.45, 2.75) is 58.5 Å². The molecule has 1 N–H and O–H groups in total. The molecular weight excluding hydrogens is 408 g/mol. The minimum atomic E-state index is -0.503. The molecule has 0 aliphatic carbocycles. The highest BCUT2D eigenvalue weighted by molar-refractivity contribution is 7.99. The minimum Gasteiger partial charge on any atom is -0.497 e. The van der Waals surface area contributed by atoms with Crippen LogP contribution in [-0.4, -0.2) is 41.7 Å². The summed E-state index contributed by atoms with van der Waals surface area (Å²) in [5.74, 6) is 1.72. The summed E-state index contributed by atoms with van der Waals surface area (Å²) in [6, 6.07) is 15.5. The molecule has 6 heteroatoms. The lowest BCUT2D eigenvalue weighted by molar-refractivity contribution is -0.139. The SMILES string of the molecule is CCC(C(=O)NC(C)C)N(Cc1ccc(OC)cc1)C(=O)CSCc1ccc(C)cc1. The number of aryl methyl sites for hydroxylation is 1. The summed E-state index contributed by atoms with van der Waals surface area (Å²) in [6.07, 6.45) is 0.559. The summed E-state index contributed by atoms with van der Waals surface area (Å²) in [6.45, 7) is 8.25. The van der Waals surface area contributed by atoms with Crippen LogP contribution < -0.4 is 10.1 Å². The first-order valence-corrected chi connectivity index (χ1v) is 11.9. The van der Waals surface area contributed by atoms with Gasteiger partial charge in [0.25, 0.3) is 0 Å². The Morgan fingerprint density at radius 1 is 1.03 bits per heavy atom. The molecule has 2 aromatic rings. The van der Waals surface area contributed by atoms with Crippen molar-refractivity contribution in [2.24, 2.45) is 0 Å². The van der Waals surface area contributed by atoms with Crippen molar-refractivity contribution in [1.82, 2.24) is 10.2 Å². The number of hydrogen-bond acceptors (Lipinski definition) is 4. The van der Waals surface area contributed by atoms with E-state index >= 15 is 0 Å². The first-order chi connectivity index (χ1) is 14.8. The van der Waals surface area contributed by atoms with E-state index in [0.29, 0.717) is 18.7 Å². The van der Waals surface area contributed by atoms with Gasteiger partial charge in [0.05, 0.1) is 12.9 Å². The lowest BCUT2D eigenvalue weighted by Gasteiger charge is -2.31. The van der Waals surface area contributed by atoms with Gasteiger partial charge in [0.2, 0.25) is 11.8 Å². The number of nitrogens with zero attached hydrogens (tertiary/aromatic N) is 1. The Bertz CT molecular complexity index is 835. The molecule has 2 amide bonds. The highest BCUT2D eigenvalue weighted by Crippen LogP contribution is 2.19. The van der Waals surface area contributed by atoms with E-state index in [9.17, 15) is 9.59 Å². The number of benzene rings is 2. The summed E-state index contributed by atoms with van der Waals surface area (Å²) >= 11 is 1.58. The number of methoxy groups -OCH3 is 1. The van der Waals surface area contributed by atoms with Crippen molar-refractivity contribution in [3.8, 4) is 5.75 Å². The van der Waals surface area contributed by atoms with Gasteiger partial charge in [-0.3, -0.25) is 9.59 Å². The van der Waals surface area contributed by atoms with E-state index in [1.165, 1.54) is 11.1 Å². The van der Waals surface area contributed by atoms with Gasteiger partial charge in [0, 0.05) is 18.3 Å². The molecule has 0 aromatic heterocycles. The standard InChI is InChI=1S/C25H34N2O3S/c1-6-23(25(29)26-18(2)3)27(15-20-11-13-22(30-5)14-12-20)24(28)17-31-16-21-9-7-19(4)8-10-21/h7-14,18,23H,6,15-17H2,1-5H3,(H,26,29). The van der Waals surface area contributed by atoms with E-state index in [1.807, 2.05) is 45.0 Å². The zero-order chi connectivity index (χ0) is 22.8. The van der Waals surface area contributed by atoms with Crippen LogP contribution in [0.25, 0.3) is 0 Å². The second kappa shape index (κ2) is 12.4. The Morgan fingerprint density at radius 3 is 2.19 bits per heavy atom. The zero-order valence-electron chi connectivity index (χ0n) is 19.2. The van der Waals surface area contributed by atoms with Gasteiger partial charge >= 0.3 is 0 Å². The lowest BCUT2D eigenvalue weighted by Crippen LogP contribution is -2.50. The van der Waals surface area contributed by atoms with Gasteiger partial charge in [-0.15, -0.1) is 11.8 Å². The molecule has 0 fully saturated rings. The van der Waals surface area contributed by atoms with Gasteiger partial charge in [-0.2, -0.15) is 0 Å². The number of hydrogen-bond donors (Lipinski definition) is 1. The van der Waals surface area contributed by atoms with Gasteiger partial charge in [-0.25, -0.2) is 0 Å². The predicted molar refractivity (Wildman–Crippen MR) is 128 cm³/mol. The van der Waals surface area contributed by atoms with Crippen molar-refractivity contribution in [3.63, 3.8) is 0 Å². The Morgan fingerprint density at radius 2 is 1.65 bits per heavy atom. The number of carbonyl (C=O) groups is 2. The fraction of sp³-hybridized carbons (Fsp3) is 0.440. The second-order valence-electron chi connectivity index (χ2n) is 7.94. The van der Waals surface area contributed by atoms with Crippen molar-refractivity contribution < 1.29 is 14.3 Å². The molecule has 0 aliphatic rings. The van der Waals surface area contributed by atoms with Crippen molar-refractivity contribution in [3.05, 3.63) is 65.2 Å². The Kier molecular flexibility index (Phi) is 9.92. The molecule has 0 spiro atoms. The monoisotopic (exact) mass is 442 g/mol. The highest BCUT2D eigenvalue weighted by Gasteiger charge is 2.28. The molecule has 0 saturated heterocycles. The quantitative estimate of drug-likeness (QED) is 0.554. The average Bonchev–Trinajstić information content (AvgIpc) is 2.74. The zero-order valence-corrected chi connectivity index (χ0v) is 20.0. The average molecular weight is 443 g/mol. The Balaban J connectivity index is 2.12. The van der Waals surface area contributed by atoms with Crippen LogP contribution in [0.4, 0.5) is 0 Å². The topological polar surface area (TPSA) is 58.6 Å². The van der Waals surface area contributed by atoms with Crippen LogP contribution in [-0.2, 0) is 21.9 Å². The van der Waals surface area contributed by atoms with E-state index in [0.717, 1.165) is 17.1 Å². The summed E-state index contributed by atoms with van der Waals surface area (Å²) in [7, 11) is 1.62. The van der Waals surface area contributed by atoms with E-state index in [2.05, 4.69) is 36.5 Å². The van der Waals surface area contributed by atoms with E-state index in [1.54, 1.807) is 23.8 Å². The van der Waals surface area contributed by atoms with Crippen molar-refractivity contribution in [2.75, 3.05) is 12.9 Å². The molecule has 1 atom stereocenters. The van der Waals surface area contributed by atoms with Crippen LogP contribution in [0.5, 0.6) is 5.75 Å². The maximum atomic E-state index is 13.2.